The fraction of sp³-hybridized carbons (Fsp3) is 0.500. The molecule has 1 unspecified atom stereocenters. The van der Waals surface area contributed by atoms with Gasteiger partial charge in [0.25, 0.3) is 0 Å². The zero-order chi connectivity index (χ0) is 21.9. The van der Waals surface area contributed by atoms with Crippen molar-refractivity contribution in [2.75, 3.05) is 36.6 Å². The Kier molecular flexibility index (Phi) is 6.66. The minimum absolute atomic E-state index is 0.0968. The first kappa shape index (κ1) is 22.1. The molecule has 1 aliphatic heterocycles. The van der Waals surface area contributed by atoms with Crippen LogP contribution in [0.25, 0.3) is 0 Å². The topological polar surface area (TPSA) is 121 Å². The maximum absolute atomic E-state index is 13.1. The Labute approximate surface area is 173 Å². The normalized spacial score (nSPS) is 17.8. The van der Waals surface area contributed by atoms with Gasteiger partial charge < -0.3 is 20.1 Å². The molecule has 1 aliphatic rings. The van der Waals surface area contributed by atoms with Crippen LogP contribution in [0.5, 0.6) is 5.88 Å². The molecule has 2 N–H and O–H groups in total. The lowest BCUT2D eigenvalue weighted by atomic mass is 10.1. The predicted molar refractivity (Wildman–Crippen MR) is 106 cm³/mol. The van der Waals surface area contributed by atoms with Gasteiger partial charge in [0.1, 0.15) is 5.82 Å². The summed E-state index contributed by atoms with van der Waals surface area (Å²) in [5.41, 5.74) is 6.90. The Balaban J connectivity index is 2.06. The van der Waals surface area contributed by atoms with Gasteiger partial charge in [-0.15, -0.1) is 0 Å². The van der Waals surface area contributed by atoms with Crippen LogP contribution < -0.4 is 15.4 Å². The van der Waals surface area contributed by atoms with Gasteiger partial charge >= 0.3 is 6.61 Å². The second-order valence-corrected chi connectivity index (χ2v) is 9.15. The van der Waals surface area contributed by atoms with E-state index in [-0.39, 0.29) is 29.9 Å². The smallest absolute Gasteiger partial charge is 0.388 e. The van der Waals surface area contributed by atoms with E-state index < -0.39 is 22.5 Å². The molecular weight excluding hydrogens is 420 g/mol. The number of halogens is 2. The highest BCUT2D eigenvalue weighted by atomic mass is 32.2. The first-order valence-electron chi connectivity index (χ1n) is 9.20. The molecule has 164 valence electrons. The molecule has 2 aromatic heterocycles. The number of alkyl halides is 2. The number of pyridine rings is 1. The van der Waals surface area contributed by atoms with E-state index in [1.54, 1.807) is 13.0 Å². The van der Waals surface area contributed by atoms with Crippen LogP contribution in [0.3, 0.4) is 0 Å². The van der Waals surface area contributed by atoms with Crippen molar-refractivity contribution >= 4 is 21.6 Å². The van der Waals surface area contributed by atoms with Crippen molar-refractivity contribution in [1.29, 1.82) is 0 Å². The van der Waals surface area contributed by atoms with Crippen molar-refractivity contribution in [1.82, 2.24) is 15.0 Å². The number of hydrogen-bond acceptors (Lipinski definition) is 9. The van der Waals surface area contributed by atoms with Crippen molar-refractivity contribution < 1.29 is 26.7 Å². The first-order valence-corrected chi connectivity index (χ1v) is 11.3. The lowest BCUT2D eigenvalue weighted by Gasteiger charge is -2.31. The maximum atomic E-state index is 13.1. The van der Waals surface area contributed by atoms with Crippen molar-refractivity contribution in [3.8, 4) is 5.88 Å². The third-order valence-electron chi connectivity index (χ3n) is 4.41. The van der Waals surface area contributed by atoms with Gasteiger partial charge in [0.2, 0.25) is 11.8 Å². The van der Waals surface area contributed by atoms with Crippen molar-refractivity contribution in [2.45, 2.75) is 31.8 Å². The van der Waals surface area contributed by atoms with Crippen LogP contribution in [0.15, 0.2) is 18.2 Å². The number of anilines is 2. The number of rotatable bonds is 6. The van der Waals surface area contributed by atoms with Gasteiger partial charge in [0.15, 0.2) is 9.84 Å². The monoisotopic (exact) mass is 443 g/mol. The van der Waals surface area contributed by atoms with E-state index in [9.17, 15) is 17.2 Å². The van der Waals surface area contributed by atoms with Gasteiger partial charge in [0, 0.05) is 36.7 Å². The summed E-state index contributed by atoms with van der Waals surface area (Å²) < 4.78 is 59.6. The van der Waals surface area contributed by atoms with Gasteiger partial charge in [0.05, 0.1) is 24.1 Å². The number of hydrogen-bond donors (Lipinski definition) is 1. The second kappa shape index (κ2) is 9.04. The van der Waals surface area contributed by atoms with Crippen LogP contribution in [0.4, 0.5) is 20.5 Å². The van der Waals surface area contributed by atoms with Crippen molar-refractivity contribution in [3.05, 3.63) is 35.2 Å². The van der Waals surface area contributed by atoms with Crippen LogP contribution >= 0.6 is 0 Å². The third kappa shape index (κ3) is 5.72. The minimum Gasteiger partial charge on any atom is -0.417 e. The summed E-state index contributed by atoms with van der Waals surface area (Å²) in [5, 5.41) is 0. The largest absolute Gasteiger partial charge is 0.417 e. The van der Waals surface area contributed by atoms with E-state index in [4.69, 9.17) is 10.5 Å². The van der Waals surface area contributed by atoms with Crippen LogP contribution in [0.2, 0.25) is 0 Å². The Morgan fingerprint density at radius 2 is 2.10 bits per heavy atom. The molecule has 1 saturated heterocycles. The molecule has 3 rings (SSSR count). The van der Waals surface area contributed by atoms with Gasteiger partial charge in [-0.3, -0.25) is 0 Å². The molecule has 0 spiro atoms. The number of ether oxygens (including phenoxy) is 2. The molecule has 2 aromatic rings. The number of nitrogens with two attached hydrogens (primary N) is 1. The second-order valence-electron chi connectivity index (χ2n) is 7.01. The van der Waals surface area contributed by atoms with Crippen LogP contribution in [-0.4, -0.2) is 56.0 Å². The number of nitrogen functional groups attached to an aromatic ring is 1. The van der Waals surface area contributed by atoms with E-state index in [0.29, 0.717) is 36.6 Å². The van der Waals surface area contributed by atoms with E-state index in [1.807, 2.05) is 4.90 Å². The zero-order valence-electron chi connectivity index (χ0n) is 16.6. The SMILES string of the molecule is Cc1cc(N2CCCOCC2c2ccc(CS(C)(=O)=O)nc2OC(F)F)nc(N)n1. The molecule has 0 aliphatic carbocycles. The van der Waals surface area contributed by atoms with Crippen LogP contribution in [0.1, 0.15) is 29.4 Å². The molecule has 30 heavy (non-hydrogen) atoms. The number of nitrogens with zero attached hydrogens (tertiary/aromatic N) is 4. The fourth-order valence-corrected chi connectivity index (χ4v) is 4.00. The van der Waals surface area contributed by atoms with Crippen LogP contribution in [0, 0.1) is 6.92 Å². The van der Waals surface area contributed by atoms with Crippen molar-refractivity contribution in [3.63, 3.8) is 0 Å². The summed E-state index contributed by atoms with van der Waals surface area (Å²) in [6, 6.07) is 4.22. The zero-order valence-corrected chi connectivity index (χ0v) is 17.4. The molecule has 12 heteroatoms. The highest BCUT2D eigenvalue weighted by Crippen LogP contribution is 2.34. The Morgan fingerprint density at radius 3 is 2.77 bits per heavy atom. The molecule has 0 bridgehead atoms. The minimum atomic E-state index is -3.40. The van der Waals surface area contributed by atoms with E-state index in [0.717, 1.165) is 6.26 Å². The maximum Gasteiger partial charge on any atom is 0.388 e. The average Bonchev–Trinajstić information content (AvgIpc) is 2.85. The summed E-state index contributed by atoms with van der Waals surface area (Å²) in [6.07, 6.45) is 1.73. The fourth-order valence-electron chi connectivity index (χ4n) is 3.30. The summed E-state index contributed by atoms with van der Waals surface area (Å²) in [4.78, 5) is 14.3. The van der Waals surface area contributed by atoms with Gasteiger partial charge in [-0.25, -0.2) is 18.4 Å². The molecule has 1 atom stereocenters. The molecule has 1 fully saturated rings. The van der Waals surface area contributed by atoms with E-state index in [1.165, 1.54) is 12.1 Å². The van der Waals surface area contributed by atoms with Gasteiger partial charge in [-0.2, -0.15) is 13.8 Å². The third-order valence-corrected chi connectivity index (χ3v) is 5.23. The molecule has 0 radical (unpaired) electrons. The lowest BCUT2D eigenvalue weighted by Crippen LogP contribution is -2.32. The highest BCUT2D eigenvalue weighted by molar-refractivity contribution is 7.89. The summed E-state index contributed by atoms with van der Waals surface area (Å²) >= 11 is 0. The Hall–Kier alpha value is -2.60. The van der Waals surface area contributed by atoms with Gasteiger partial charge in [-0.1, -0.05) is 0 Å². The van der Waals surface area contributed by atoms with Crippen molar-refractivity contribution in [2.24, 2.45) is 0 Å². The predicted octanol–water partition coefficient (Wildman–Crippen LogP) is 1.88. The molecule has 0 aromatic carbocycles. The summed E-state index contributed by atoms with van der Waals surface area (Å²) in [6.45, 7) is -0.161. The van der Waals surface area contributed by atoms with Crippen LogP contribution in [-0.2, 0) is 20.3 Å². The lowest BCUT2D eigenvalue weighted by molar-refractivity contribution is -0.0540. The first-order chi connectivity index (χ1) is 14.1. The van der Waals surface area contributed by atoms with Gasteiger partial charge in [-0.05, 0) is 25.5 Å². The Bertz CT molecular complexity index is 986. The Morgan fingerprint density at radius 1 is 1.33 bits per heavy atom. The average molecular weight is 443 g/mol. The summed E-state index contributed by atoms with van der Waals surface area (Å²) in [7, 11) is -3.40. The molecule has 9 nitrogen and oxygen atoms in total. The van der Waals surface area contributed by atoms with E-state index in [2.05, 4.69) is 19.7 Å². The number of aryl methyl sites for hydroxylation is 1. The highest BCUT2D eigenvalue weighted by Gasteiger charge is 2.29. The summed E-state index contributed by atoms with van der Waals surface area (Å²) in [5.74, 6) is -0.108. The molecule has 3 heterocycles. The molecule has 0 saturated carbocycles. The van der Waals surface area contributed by atoms with E-state index >= 15 is 0 Å². The molecule has 0 amide bonds. The molecular formula is C18H23F2N5O4S. The standard InChI is InChI=1S/C18H23F2N5O4S/c1-11-8-15(24-18(21)22-11)25-6-3-7-28-9-14(25)13-5-4-12(10-30(2,26)27)23-16(13)29-17(19)20/h4-5,8,14,17H,3,6-7,9-10H2,1-2H3,(H2,21,22,24). The number of aromatic nitrogens is 3. The quantitative estimate of drug-likeness (QED) is 0.713. The number of sulfone groups is 1.